The van der Waals surface area contributed by atoms with E-state index in [0.29, 0.717) is 43.0 Å². The number of benzene rings is 2. The minimum Gasteiger partial charge on any atom is -0.466 e. The third-order valence-electron chi connectivity index (χ3n) is 10.7. The van der Waals surface area contributed by atoms with Crippen LogP contribution < -0.4 is 10.6 Å². The molecule has 0 saturated heterocycles. The van der Waals surface area contributed by atoms with Gasteiger partial charge in [-0.3, -0.25) is 14.4 Å². The minimum absolute atomic E-state index is 0.201. The summed E-state index contributed by atoms with van der Waals surface area (Å²) in [6.07, 6.45) is 18.5. The highest BCUT2D eigenvalue weighted by molar-refractivity contribution is 6.06. The molecule has 8 heteroatoms. The van der Waals surface area contributed by atoms with Gasteiger partial charge in [0.25, 0.3) is 5.91 Å². The van der Waals surface area contributed by atoms with Gasteiger partial charge in [0.05, 0.1) is 19.3 Å². The van der Waals surface area contributed by atoms with Crippen LogP contribution in [0.1, 0.15) is 110 Å². The summed E-state index contributed by atoms with van der Waals surface area (Å²) in [6, 6.07) is 13.1. The molecule has 2 amide bonds. The van der Waals surface area contributed by atoms with Gasteiger partial charge in [0.1, 0.15) is 5.54 Å². The predicted octanol–water partition coefficient (Wildman–Crippen LogP) is 7.63. The summed E-state index contributed by atoms with van der Waals surface area (Å²) in [6.45, 7) is 0.300. The van der Waals surface area contributed by atoms with Crippen LogP contribution in [0.3, 0.4) is 0 Å². The van der Waals surface area contributed by atoms with Gasteiger partial charge in [-0.2, -0.15) is 0 Å². The van der Waals surface area contributed by atoms with Crippen molar-refractivity contribution in [1.82, 2.24) is 9.88 Å². The highest BCUT2D eigenvalue weighted by Crippen LogP contribution is 2.46. The number of rotatable bonds is 7. The van der Waals surface area contributed by atoms with E-state index in [1.165, 1.54) is 54.9 Å². The molecule has 1 aliphatic heterocycles. The number of nitrogens with zero attached hydrogens (tertiary/aromatic N) is 1. The maximum atomic E-state index is 14.0. The number of ether oxygens (including phenoxy) is 1. The van der Waals surface area contributed by atoms with Crippen LogP contribution in [0.5, 0.6) is 0 Å². The lowest BCUT2D eigenvalue weighted by atomic mass is 9.80. The molecule has 0 atom stereocenters. The largest absolute Gasteiger partial charge is 0.466 e. The Bertz CT molecular complexity index is 1860. The van der Waals surface area contributed by atoms with Crippen LogP contribution in [0.25, 0.3) is 22.6 Å². The van der Waals surface area contributed by atoms with Crippen LogP contribution >= 0.6 is 0 Å². The Morgan fingerprint density at radius 2 is 1.75 bits per heavy atom. The summed E-state index contributed by atoms with van der Waals surface area (Å²) in [4.78, 5) is 52.5. The second kappa shape index (κ2) is 13.4. The normalized spacial score (nSPS) is 19.2. The molecular weight excluding hydrogens is 602 g/mol. The molecule has 2 aromatic carbocycles. The van der Waals surface area contributed by atoms with Crippen molar-refractivity contribution in [2.45, 2.75) is 95.1 Å². The molecule has 0 bridgehead atoms. The van der Waals surface area contributed by atoms with E-state index in [9.17, 15) is 19.2 Å². The maximum absolute atomic E-state index is 14.0. The van der Waals surface area contributed by atoms with E-state index in [-0.39, 0.29) is 17.6 Å². The third kappa shape index (κ3) is 6.16. The van der Waals surface area contributed by atoms with Crippen molar-refractivity contribution >= 4 is 51.8 Å². The van der Waals surface area contributed by atoms with Crippen molar-refractivity contribution in [3.8, 4) is 0 Å². The molecule has 3 aliphatic carbocycles. The number of anilines is 1. The molecule has 2 N–H and O–H groups in total. The number of aromatic nitrogens is 1. The molecule has 48 heavy (non-hydrogen) atoms. The Labute approximate surface area is 281 Å². The first-order valence-corrected chi connectivity index (χ1v) is 17.4. The van der Waals surface area contributed by atoms with E-state index >= 15 is 0 Å². The molecular formula is C40H43N3O5. The Morgan fingerprint density at radius 3 is 2.50 bits per heavy atom. The average molecular weight is 646 g/mol. The number of allylic oxidation sites excluding steroid dienone is 4. The number of ketones is 1. The van der Waals surface area contributed by atoms with E-state index in [4.69, 9.17) is 0 Å². The number of carbonyl (C=O) groups excluding carboxylic acids is 4. The Balaban J connectivity index is 1.19. The lowest BCUT2D eigenvalue weighted by Gasteiger charge is -2.29. The van der Waals surface area contributed by atoms with Crippen LogP contribution in [-0.4, -0.2) is 40.8 Å². The zero-order valence-corrected chi connectivity index (χ0v) is 27.6. The maximum Gasteiger partial charge on any atom is 0.330 e. The second-order valence-electron chi connectivity index (χ2n) is 13.8. The van der Waals surface area contributed by atoms with Crippen LogP contribution in [0, 0.1) is 0 Å². The molecule has 7 rings (SSSR count). The summed E-state index contributed by atoms with van der Waals surface area (Å²) < 4.78 is 6.82. The standard InChI is InChI=1S/C40H43N3O5/c1-48-35(45)20-15-26-13-17-30(18-14-26)41-39(47)40(21-7-8-22-40)42-38(46)29-16-19-33-34(24-29)43-25-31(44)23-28-11-5-6-12-32(28)37(43)36(33)27-9-3-2-4-10-27/h6,12-20,24,27H,2-5,7-11,21-23,25H2,1H3,(H,41,47)(H,42,46)/b20-15+. The van der Waals surface area contributed by atoms with Gasteiger partial charge < -0.3 is 19.9 Å². The summed E-state index contributed by atoms with van der Waals surface area (Å²) in [5.41, 5.74) is 6.73. The molecule has 3 aromatic rings. The van der Waals surface area contributed by atoms with E-state index in [1.54, 1.807) is 30.3 Å². The topological polar surface area (TPSA) is 106 Å². The first-order valence-electron chi connectivity index (χ1n) is 17.4. The second-order valence-corrected chi connectivity index (χ2v) is 13.8. The van der Waals surface area contributed by atoms with Crippen LogP contribution in [-0.2, 0) is 25.7 Å². The first kappa shape index (κ1) is 31.9. The number of hydrogen-bond donors (Lipinski definition) is 2. The van der Waals surface area contributed by atoms with Crippen molar-refractivity contribution in [3.63, 3.8) is 0 Å². The summed E-state index contributed by atoms with van der Waals surface area (Å²) >= 11 is 0. The first-order chi connectivity index (χ1) is 23.3. The highest BCUT2D eigenvalue weighted by Gasteiger charge is 2.43. The number of methoxy groups -OCH3 is 1. The summed E-state index contributed by atoms with van der Waals surface area (Å²) in [5.74, 6) is -0.337. The van der Waals surface area contributed by atoms with Crippen molar-refractivity contribution < 1.29 is 23.9 Å². The fourth-order valence-electron chi connectivity index (χ4n) is 8.23. The van der Waals surface area contributed by atoms with Crippen molar-refractivity contribution in [2.24, 2.45) is 0 Å². The molecule has 0 radical (unpaired) electrons. The fraction of sp³-hybridized carbons (Fsp3) is 0.400. The van der Waals surface area contributed by atoms with E-state index in [2.05, 4.69) is 38.2 Å². The Kier molecular flexibility index (Phi) is 8.90. The molecule has 1 aromatic heterocycles. The quantitative estimate of drug-likeness (QED) is 0.203. The number of fused-ring (bicyclic) bond motifs is 4. The zero-order chi connectivity index (χ0) is 33.3. The van der Waals surface area contributed by atoms with Crippen LogP contribution in [0.2, 0.25) is 0 Å². The molecule has 8 nitrogen and oxygen atoms in total. The highest BCUT2D eigenvalue weighted by atomic mass is 16.5. The van der Waals surface area contributed by atoms with Crippen molar-refractivity contribution in [1.29, 1.82) is 0 Å². The van der Waals surface area contributed by atoms with Gasteiger partial charge in [-0.05, 0) is 91.5 Å². The minimum atomic E-state index is -1.03. The average Bonchev–Trinajstić information content (AvgIpc) is 3.67. The van der Waals surface area contributed by atoms with E-state index in [0.717, 1.165) is 55.0 Å². The van der Waals surface area contributed by atoms with Crippen LogP contribution in [0.4, 0.5) is 5.69 Å². The van der Waals surface area contributed by atoms with E-state index in [1.807, 2.05) is 12.1 Å². The molecule has 2 fully saturated rings. The summed E-state index contributed by atoms with van der Waals surface area (Å²) in [7, 11) is 1.33. The van der Waals surface area contributed by atoms with Gasteiger partial charge >= 0.3 is 5.97 Å². The van der Waals surface area contributed by atoms with Gasteiger partial charge in [0.2, 0.25) is 5.91 Å². The molecule has 0 spiro atoms. The molecule has 2 heterocycles. The number of nitrogens with one attached hydrogen (secondary N) is 2. The molecule has 248 valence electrons. The Morgan fingerprint density at radius 1 is 0.979 bits per heavy atom. The van der Waals surface area contributed by atoms with Gasteiger partial charge in [-0.15, -0.1) is 0 Å². The molecule has 2 saturated carbocycles. The molecule has 4 aliphatic rings. The third-order valence-corrected chi connectivity index (χ3v) is 10.7. The van der Waals surface area contributed by atoms with Crippen LogP contribution in [0.15, 0.2) is 66.3 Å². The van der Waals surface area contributed by atoms with E-state index < -0.39 is 11.5 Å². The lowest BCUT2D eigenvalue weighted by molar-refractivity contribution is -0.134. The number of esters is 1. The predicted molar refractivity (Wildman–Crippen MR) is 187 cm³/mol. The Hall–Kier alpha value is -4.72. The molecule has 0 unspecified atom stereocenters. The number of amides is 2. The van der Waals surface area contributed by atoms with Gasteiger partial charge in [0.15, 0.2) is 5.78 Å². The monoisotopic (exact) mass is 645 g/mol. The van der Waals surface area contributed by atoms with Gasteiger partial charge in [-0.1, -0.05) is 68.0 Å². The zero-order valence-electron chi connectivity index (χ0n) is 27.6. The van der Waals surface area contributed by atoms with Crippen molar-refractivity contribution in [2.75, 3.05) is 12.4 Å². The number of carbonyl (C=O) groups is 4. The SMILES string of the molecule is COC(=O)/C=C/c1ccc(NC(=O)C2(NC(=O)c3ccc4c(C5CCCCC5)c5n(c4c3)CC(=O)CC3=C5C=CCC3)CCCC2)cc1. The number of hydrogen-bond acceptors (Lipinski definition) is 5. The fourth-order valence-corrected chi connectivity index (χ4v) is 8.23. The van der Waals surface area contributed by atoms with Gasteiger partial charge in [-0.25, -0.2) is 4.79 Å². The number of Topliss-reactive ketones (excluding diaryl/α,β-unsaturated/α-hetero) is 1. The lowest BCUT2D eigenvalue weighted by Crippen LogP contribution is -2.55. The van der Waals surface area contributed by atoms with Gasteiger partial charge in [0, 0.05) is 34.7 Å². The summed E-state index contributed by atoms with van der Waals surface area (Å²) in [5, 5.41) is 7.29. The smallest absolute Gasteiger partial charge is 0.330 e. The van der Waals surface area contributed by atoms with Crippen molar-refractivity contribution in [3.05, 3.63) is 88.7 Å².